The first-order valence-corrected chi connectivity index (χ1v) is 10.0. The van der Waals surface area contributed by atoms with E-state index < -0.39 is 17.8 Å². The maximum Gasteiger partial charge on any atom is 0.227 e. The van der Waals surface area contributed by atoms with Crippen LogP contribution in [-0.2, 0) is 9.59 Å². The number of nitrogens with zero attached hydrogens (tertiary/aromatic N) is 1. The molecule has 1 aliphatic rings. The molecule has 7 heteroatoms. The second-order valence-corrected chi connectivity index (χ2v) is 7.84. The summed E-state index contributed by atoms with van der Waals surface area (Å²) in [5.74, 6) is -2.02. The monoisotopic (exact) mass is 412 g/mol. The standard InChI is InChI=1S/C22H18F2N2O2S/c23-16-9-7-14(8-10-16)21(19-6-3-11-29-19)25-22(28)15-12-20(27)26(13-15)18-5-2-1-4-17(18)24/h1-11,15,21H,12-13H2,(H,25,28)/t15-,21-/m1/s1. The molecule has 0 unspecified atom stereocenters. The topological polar surface area (TPSA) is 49.4 Å². The lowest BCUT2D eigenvalue weighted by Gasteiger charge is -2.21. The molecule has 29 heavy (non-hydrogen) atoms. The van der Waals surface area contributed by atoms with Gasteiger partial charge in [0.2, 0.25) is 11.8 Å². The van der Waals surface area contributed by atoms with Crippen LogP contribution in [0.2, 0.25) is 0 Å². The zero-order valence-electron chi connectivity index (χ0n) is 15.3. The molecular weight excluding hydrogens is 394 g/mol. The van der Waals surface area contributed by atoms with E-state index in [4.69, 9.17) is 0 Å². The molecule has 148 valence electrons. The predicted molar refractivity (Wildman–Crippen MR) is 108 cm³/mol. The first-order valence-electron chi connectivity index (χ1n) is 9.17. The van der Waals surface area contributed by atoms with Crippen molar-refractivity contribution in [3.63, 3.8) is 0 Å². The van der Waals surface area contributed by atoms with E-state index in [1.54, 1.807) is 24.3 Å². The summed E-state index contributed by atoms with van der Waals surface area (Å²) in [5.41, 5.74) is 0.929. The van der Waals surface area contributed by atoms with Crippen molar-refractivity contribution in [1.29, 1.82) is 0 Å². The molecular formula is C22H18F2N2O2S. The molecule has 3 aromatic rings. The minimum atomic E-state index is -0.593. The predicted octanol–water partition coefficient (Wildman–Crippen LogP) is 4.29. The maximum atomic E-state index is 14.1. The Bertz CT molecular complexity index is 1020. The largest absolute Gasteiger partial charge is 0.344 e. The first-order chi connectivity index (χ1) is 14.0. The summed E-state index contributed by atoms with van der Waals surface area (Å²) >= 11 is 1.48. The van der Waals surface area contributed by atoms with Crippen molar-refractivity contribution in [3.8, 4) is 0 Å². The van der Waals surface area contributed by atoms with Crippen molar-refractivity contribution in [2.75, 3.05) is 11.4 Å². The van der Waals surface area contributed by atoms with Crippen LogP contribution in [0.25, 0.3) is 0 Å². The normalized spacial score (nSPS) is 17.4. The van der Waals surface area contributed by atoms with Crippen LogP contribution in [0, 0.1) is 17.6 Å². The Morgan fingerprint density at radius 1 is 1.07 bits per heavy atom. The van der Waals surface area contributed by atoms with Crippen LogP contribution in [0.4, 0.5) is 14.5 Å². The summed E-state index contributed by atoms with van der Waals surface area (Å²) in [7, 11) is 0. The maximum absolute atomic E-state index is 14.1. The highest BCUT2D eigenvalue weighted by Gasteiger charge is 2.37. The fourth-order valence-electron chi connectivity index (χ4n) is 3.48. The molecule has 1 fully saturated rings. The van der Waals surface area contributed by atoms with Crippen LogP contribution in [0.1, 0.15) is 22.9 Å². The average Bonchev–Trinajstić information content (AvgIpc) is 3.37. The number of benzene rings is 2. The van der Waals surface area contributed by atoms with Gasteiger partial charge in [-0.15, -0.1) is 11.3 Å². The molecule has 0 bridgehead atoms. The van der Waals surface area contributed by atoms with Gasteiger partial charge in [0.05, 0.1) is 17.6 Å². The Balaban J connectivity index is 1.53. The molecule has 0 saturated carbocycles. The van der Waals surface area contributed by atoms with Crippen molar-refractivity contribution in [1.82, 2.24) is 5.32 Å². The molecule has 2 heterocycles. The molecule has 1 aliphatic heterocycles. The Hall–Kier alpha value is -3.06. The Labute approximate surface area is 170 Å². The van der Waals surface area contributed by atoms with E-state index >= 15 is 0 Å². The lowest BCUT2D eigenvalue weighted by atomic mass is 10.0. The molecule has 1 saturated heterocycles. The van der Waals surface area contributed by atoms with Crippen molar-refractivity contribution in [3.05, 3.63) is 88.1 Å². The van der Waals surface area contributed by atoms with Gasteiger partial charge in [0.1, 0.15) is 11.6 Å². The van der Waals surface area contributed by atoms with E-state index in [0.29, 0.717) is 0 Å². The number of nitrogens with one attached hydrogen (secondary N) is 1. The molecule has 2 amide bonds. The smallest absolute Gasteiger partial charge is 0.227 e. The Kier molecular flexibility index (Phi) is 5.40. The number of hydrogen-bond acceptors (Lipinski definition) is 3. The van der Waals surface area contributed by atoms with E-state index in [0.717, 1.165) is 10.4 Å². The molecule has 1 aromatic heterocycles. The number of thiophene rings is 1. The average molecular weight is 412 g/mol. The zero-order valence-corrected chi connectivity index (χ0v) is 16.2. The summed E-state index contributed by atoms with van der Waals surface area (Å²) in [6.07, 6.45) is 0.0146. The van der Waals surface area contributed by atoms with Crippen LogP contribution in [-0.4, -0.2) is 18.4 Å². The van der Waals surface area contributed by atoms with Crippen molar-refractivity contribution in [2.24, 2.45) is 5.92 Å². The number of para-hydroxylation sites is 1. The molecule has 0 radical (unpaired) electrons. The lowest BCUT2D eigenvalue weighted by Crippen LogP contribution is -2.35. The van der Waals surface area contributed by atoms with Gasteiger partial charge >= 0.3 is 0 Å². The fraction of sp³-hybridized carbons (Fsp3) is 0.182. The number of amides is 2. The third-order valence-corrected chi connectivity index (χ3v) is 5.89. The number of hydrogen-bond donors (Lipinski definition) is 1. The van der Waals surface area contributed by atoms with Crippen LogP contribution in [0.15, 0.2) is 66.0 Å². The summed E-state index contributed by atoms with van der Waals surface area (Å²) in [6, 6.07) is 15.3. The molecule has 0 aliphatic carbocycles. The van der Waals surface area contributed by atoms with Gasteiger partial charge in [0.25, 0.3) is 0 Å². The number of carbonyl (C=O) groups is 2. The summed E-state index contributed by atoms with van der Waals surface area (Å²) in [6.45, 7) is 0.117. The quantitative estimate of drug-likeness (QED) is 0.680. The van der Waals surface area contributed by atoms with E-state index in [1.165, 1.54) is 40.5 Å². The number of rotatable bonds is 5. The van der Waals surface area contributed by atoms with Crippen molar-refractivity contribution < 1.29 is 18.4 Å². The second-order valence-electron chi connectivity index (χ2n) is 6.87. The highest BCUT2D eigenvalue weighted by molar-refractivity contribution is 7.10. The van der Waals surface area contributed by atoms with E-state index in [1.807, 2.05) is 17.5 Å². The molecule has 1 N–H and O–H groups in total. The highest BCUT2D eigenvalue weighted by Crippen LogP contribution is 2.30. The van der Waals surface area contributed by atoms with Gasteiger partial charge in [-0.25, -0.2) is 8.78 Å². The lowest BCUT2D eigenvalue weighted by molar-refractivity contribution is -0.126. The molecule has 2 atom stereocenters. The Morgan fingerprint density at radius 3 is 2.52 bits per heavy atom. The van der Waals surface area contributed by atoms with Gasteiger partial charge in [-0.2, -0.15) is 0 Å². The van der Waals surface area contributed by atoms with Gasteiger partial charge in [-0.1, -0.05) is 30.3 Å². The minimum absolute atomic E-state index is 0.0146. The number of halogens is 2. The number of carbonyl (C=O) groups excluding carboxylic acids is 2. The second kappa shape index (κ2) is 8.13. The van der Waals surface area contributed by atoms with Gasteiger partial charge in [-0.3, -0.25) is 9.59 Å². The van der Waals surface area contributed by atoms with Gasteiger partial charge in [0.15, 0.2) is 0 Å². The van der Waals surface area contributed by atoms with E-state index in [9.17, 15) is 18.4 Å². The molecule has 0 spiro atoms. The third kappa shape index (κ3) is 4.05. The highest BCUT2D eigenvalue weighted by atomic mass is 32.1. The third-order valence-electron chi connectivity index (χ3n) is 4.96. The van der Waals surface area contributed by atoms with Crippen molar-refractivity contribution in [2.45, 2.75) is 12.5 Å². The van der Waals surface area contributed by atoms with Crippen LogP contribution < -0.4 is 10.2 Å². The van der Waals surface area contributed by atoms with Gasteiger partial charge < -0.3 is 10.2 Å². The van der Waals surface area contributed by atoms with Crippen LogP contribution in [0.5, 0.6) is 0 Å². The molecule has 4 nitrogen and oxygen atoms in total. The summed E-state index contributed by atoms with van der Waals surface area (Å²) in [5, 5.41) is 4.88. The van der Waals surface area contributed by atoms with Gasteiger partial charge in [-0.05, 0) is 41.3 Å². The molecule has 4 rings (SSSR count). The zero-order chi connectivity index (χ0) is 20.4. The molecule has 2 aromatic carbocycles. The summed E-state index contributed by atoms with van der Waals surface area (Å²) in [4.78, 5) is 27.6. The summed E-state index contributed by atoms with van der Waals surface area (Å²) < 4.78 is 27.4. The van der Waals surface area contributed by atoms with E-state index in [2.05, 4.69) is 5.32 Å². The van der Waals surface area contributed by atoms with Crippen LogP contribution in [0.3, 0.4) is 0 Å². The van der Waals surface area contributed by atoms with Crippen LogP contribution >= 0.6 is 11.3 Å². The fourth-order valence-corrected chi connectivity index (χ4v) is 4.28. The SMILES string of the molecule is O=C(N[C@H](c1ccc(F)cc1)c1cccs1)[C@@H]1CC(=O)N(c2ccccc2F)C1. The minimum Gasteiger partial charge on any atom is -0.344 e. The van der Waals surface area contributed by atoms with Crippen molar-refractivity contribution >= 4 is 28.8 Å². The first kappa shape index (κ1) is 19.3. The number of anilines is 1. The Morgan fingerprint density at radius 2 is 1.83 bits per heavy atom. The van der Waals surface area contributed by atoms with E-state index in [-0.39, 0.29) is 36.3 Å². The van der Waals surface area contributed by atoms with Gasteiger partial charge in [0, 0.05) is 17.8 Å².